The maximum atomic E-state index is 11.7. The highest BCUT2D eigenvalue weighted by atomic mass is 16.6. The van der Waals surface area contributed by atoms with Gasteiger partial charge in [0.2, 0.25) is 0 Å². The molecular formula is C11H17N3O4. The predicted octanol–water partition coefficient (Wildman–Crippen LogP) is -0.226. The molecule has 1 aliphatic heterocycles. The lowest BCUT2D eigenvalue weighted by Crippen LogP contribution is -2.28. The molecule has 0 saturated carbocycles. The number of methoxy groups -OCH3 is 2. The van der Waals surface area contributed by atoms with Crippen LogP contribution in [0.4, 0.5) is 5.82 Å². The van der Waals surface area contributed by atoms with Crippen molar-refractivity contribution in [2.45, 2.75) is 24.9 Å². The average Bonchev–Trinajstić information content (AvgIpc) is 2.72. The Morgan fingerprint density at radius 3 is 3.00 bits per heavy atom. The topological polar surface area (TPSA) is 88.6 Å². The molecular weight excluding hydrogens is 238 g/mol. The Morgan fingerprint density at radius 1 is 1.61 bits per heavy atom. The van der Waals surface area contributed by atoms with Gasteiger partial charge < -0.3 is 19.9 Å². The van der Waals surface area contributed by atoms with Crippen LogP contribution in [-0.2, 0) is 14.2 Å². The number of hydrogen-bond donors (Lipinski definition) is 1. The summed E-state index contributed by atoms with van der Waals surface area (Å²) >= 11 is 0. The number of anilines is 1. The van der Waals surface area contributed by atoms with Crippen molar-refractivity contribution < 1.29 is 14.2 Å². The van der Waals surface area contributed by atoms with E-state index in [0.717, 1.165) is 0 Å². The molecule has 100 valence electrons. The first-order chi connectivity index (χ1) is 8.65. The minimum Gasteiger partial charge on any atom is -0.383 e. The highest BCUT2D eigenvalue weighted by molar-refractivity contribution is 5.23. The molecule has 2 N–H and O–H groups in total. The third kappa shape index (κ3) is 2.53. The van der Waals surface area contributed by atoms with Crippen LogP contribution in [0.5, 0.6) is 0 Å². The number of aromatic nitrogens is 2. The van der Waals surface area contributed by atoms with Crippen LogP contribution in [0.25, 0.3) is 0 Å². The van der Waals surface area contributed by atoms with E-state index in [1.54, 1.807) is 26.5 Å². The Labute approximate surface area is 104 Å². The molecule has 1 aliphatic rings. The van der Waals surface area contributed by atoms with E-state index in [1.807, 2.05) is 0 Å². The lowest BCUT2D eigenvalue weighted by Gasteiger charge is -2.16. The van der Waals surface area contributed by atoms with Crippen molar-refractivity contribution >= 4 is 5.82 Å². The fourth-order valence-electron chi connectivity index (χ4n) is 2.08. The monoisotopic (exact) mass is 255 g/mol. The maximum absolute atomic E-state index is 11.7. The molecule has 0 amide bonds. The maximum Gasteiger partial charge on any atom is 0.351 e. The number of nitrogens with zero attached hydrogens (tertiary/aromatic N) is 2. The molecule has 1 saturated heterocycles. The van der Waals surface area contributed by atoms with E-state index in [4.69, 9.17) is 19.9 Å². The van der Waals surface area contributed by atoms with E-state index in [0.29, 0.717) is 13.0 Å². The van der Waals surface area contributed by atoms with Crippen LogP contribution in [0.2, 0.25) is 0 Å². The summed E-state index contributed by atoms with van der Waals surface area (Å²) in [7, 11) is 3.21. The van der Waals surface area contributed by atoms with Crippen molar-refractivity contribution in [3.05, 3.63) is 22.7 Å². The molecule has 3 atom stereocenters. The van der Waals surface area contributed by atoms with Gasteiger partial charge in [0.1, 0.15) is 18.1 Å². The van der Waals surface area contributed by atoms with Crippen molar-refractivity contribution in [3.8, 4) is 0 Å². The Kier molecular flexibility index (Phi) is 3.95. The Morgan fingerprint density at radius 2 is 2.39 bits per heavy atom. The van der Waals surface area contributed by atoms with E-state index in [1.165, 1.54) is 4.57 Å². The third-order valence-corrected chi connectivity index (χ3v) is 2.98. The fraction of sp³-hybridized carbons (Fsp3) is 0.636. The third-order valence-electron chi connectivity index (χ3n) is 2.98. The molecule has 0 aromatic carbocycles. The molecule has 2 rings (SSSR count). The molecule has 0 radical (unpaired) electrons. The van der Waals surface area contributed by atoms with Crippen molar-refractivity contribution in [1.29, 1.82) is 0 Å². The normalized spacial score (nSPS) is 27.6. The van der Waals surface area contributed by atoms with Gasteiger partial charge in [0.15, 0.2) is 0 Å². The minimum atomic E-state index is -0.423. The molecule has 1 aromatic rings. The highest BCUT2D eigenvalue weighted by Gasteiger charge is 2.36. The number of hydrogen-bond acceptors (Lipinski definition) is 6. The SMILES string of the molecule is COCC1O[C@@H](n2ccc(N)nc2=O)C[C@@H]1OC. The van der Waals surface area contributed by atoms with Gasteiger partial charge in [0.05, 0.1) is 12.7 Å². The van der Waals surface area contributed by atoms with Crippen molar-refractivity contribution in [1.82, 2.24) is 9.55 Å². The van der Waals surface area contributed by atoms with Crippen LogP contribution in [0.1, 0.15) is 12.6 Å². The molecule has 1 unspecified atom stereocenters. The summed E-state index contributed by atoms with van der Waals surface area (Å²) in [5.41, 5.74) is 5.02. The van der Waals surface area contributed by atoms with E-state index in [2.05, 4.69) is 4.98 Å². The van der Waals surface area contributed by atoms with E-state index < -0.39 is 11.9 Å². The van der Waals surface area contributed by atoms with Gasteiger partial charge in [-0.2, -0.15) is 4.98 Å². The van der Waals surface area contributed by atoms with Crippen molar-refractivity contribution in [2.24, 2.45) is 0 Å². The van der Waals surface area contributed by atoms with Crippen molar-refractivity contribution in [2.75, 3.05) is 26.6 Å². The summed E-state index contributed by atoms with van der Waals surface area (Å²) in [4.78, 5) is 15.4. The van der Waals surface area contributed by atoms with Gasteiger partial charge in [0.25, 0.3) is 0 Å². The summed E-state index contributed by atoms with van der Waals surface area (Å²) < 4.78 is 17.5. The zero-order valence-electron chi connectivity index (χ0n) is 10.4. The molecule has 7 heteroatoms. The summed E-state index contributed by atoms with van der Waals surface area (Å²) in [5.74, 6) is 0.200. The molecule has 0 bridgehead atoms. The molecule has 2 heterocycles. The van der Waals surface area contributed by atoms with Gasteiger partial charge in [-0.25, -0.2) is 4.79 Å². The van der Waals surface area contributed by atoms with Gasteiger partial charge in [-0.3, -0.25) is 4.57 Å². The van der Waals surface area contributed by atoms with Crippen LogP contribution >= 0.6 is 0 Å². The lowest BCUT2D eigenvalue weighted by atomic mass is 10.2. The van der Waals surface area contributed by atoms with Gasteiger partial charge in [0, 0.05) is 26.8 Å². The smallest absolute Gasteiger partial charge is 0.351 e. The van der Waals surface area contributed by atoms with E-state index in [-0.39, 0.29) is 18.0 Å². The molecule has 1 aromatic heterocycles. The zero-order valence-corrected chi connectivity index (χ0v) is 10.4. The second kappa shape index (κ2) is 5.47. The standard InChI is InChI=1S/C11H17N3O4/c1-16-6-8-7(17-2)5-10(18-8)14-4-3-9(12)13-11(14)15/h3-4,7-8,10H,5-6H2,1-2H3,(H2,12,13,15)/t7-,8?,10+/m0/s1. The summed E-state index contributed by atoms with van der Waals surface area (Å²) in [6, 6.07) is 1.57. The lowest BCUT2D eigenvalue weighted by molar-refractivity contribution is -0.0617. The Bertz CT molecular complexity index is 462. The molecule has 0 spiro atoms. The molecule has 1 fully saturated rings. The van der Waals surface area contributed by atoms with Crippen LogP contribution in [-0.4, -0.2) is 42.6 Å². The van der Waals surface area contributed by atoms with Crippen molar-refractivity contribution in [3.63, 3.8) is 0 Å². The summed E-state index contributed by atoms with van der Waals surface area (Å²) in [5, 5.41) is 0. The average molecular weight is 255 g/mol. The second-order valence-electron chi connectivity index (χ2n) is 4.14. The van der Waals surface area contributed by atoms with Gasteiger partial charge in [-0.05, 0) is 6.07 Å². The Balaban J connectivity index is 2.18. The quantitative estimate of drug-likeness (QED) is 0.799. The van der Waals surface area contributed by atoms with Crippen LogP contribution in [0.15, 0.2) is 17.1 Å². The number of nitrogens with two attached hydrogens (primary N) is 1. The van der Waals surface area contributed by atoms with E-state index in [9.17, 15) is 4.79 Å². The largest absolute Gasteiger partial charge is 0.383 e. The van der Waals surface area contributed by atoms with Gasteiger partial charge in [-0.15, -0.1) is 0 Å². The fourth-order valence-corrected chi connectivity index (χ4v) is 2.08. The number of nitrogen functional groups attached to an aromatic ring is 1. The summed E-state index contributed by atoms with van der Waals surface area (Å²) in [6.45, 7) is 0.423. The van der Waals surface area contributed by atoms with Crippen LogP contribution < -0.4 is 11.4 Å². The Hall–Kier alpha value is -1.44. The first kappa shape index (κ1) is 13.0. The molecule has 0 aliphatic carbocycles. The first-order valence-corrected chi connectivity index (χ1v) is 5.67. The van der Waals surface area contributed by atoms with Gasteiger partial charge in [-0.1, -0.05) is 0 Å². The first-order valence-electron chi connectivity index (χ1n) is 5.67. The molecule has 18 heavy (non-hydrogen) atoms. The summed E-state index contributed by atoms with van der Waals surface area (Å²) in [6.07, 6.45) is 1.48. The minimum absolute atomic E-state index is 0.0978. The highest BCUT2D eigenvalue weighted by Crippen LogP contribution is 2.29. The van der Waals surface area contributed by atoms with E-state index >= 15 is 0 Å². The van der Waals surface area contributed by atoms with Gasteiger partial charge >= 0.3 is 5.69 Å². The predicted molar refractivity (Wildman–Crippen MR) is 64.1 cm³/mol. The van der Waals surface area contributed by atoms with Crippen LogP contribution in [0.3, 0.4) is 0 Å². The second-order valence-corrected chi connectivity index (χ2v) is 4.14. The number of rotatable bonds is 4. The zero-order chi connectivity index (χ0) is 13.1. The van der Waals surface area contributed by atoms with Crippen LogP contribution in [0, 0.1) is 0 Å². The number of ether oxygens (including phenoxy) is 3. The molecule has 7 nitrogen and oxygen atoms in total.